The highest BCUT2D eigenvalue weighted by Gasteiger charge is 2.23. The molecule has 1 heterocycles. The molecule has 0 radical (unpaired) electrons. The maximum atomic E-state index is 13.1. The van der Waals surface area contributed by atoms with Crippen molar-refractivity contribution in [1.29, 1.82) is 0 Å². The number of Topliss-reactive ketones (excluding diaryl/α,β-unsaturated/α-hetero) is 1. The number of rotatable bonds is 5. The highest BCUT2D eigenvalue weighted by Crippen LogP contribution is 2.32. The largest absolute Gasteiger partial charge is 0.293 e. The summed E-state index contributed by atoms with van der Waals surface area (Å²) in [6.07, 6.45) is 4.11. The summed E-state index contributed by atoms with van der Waals surface area (Å²) in [6, 6.07) is 13.0. The number of nitrogens with zero attached hydrogens (tertiary/aromatic N) is 2. The van der Waals surface area contributed by atoms with Crippen molar-refractivity contribution >= 4 is 28.4 Å². The highest BCUT2D eigenvalue weighted by atomic mass is 32.2. The van der Waals surface area contributed by atoms with E-state index in [9.17, 15) is 14.0 Å². The summed E-state index contributed by atoms with van der Waals surface area (Å²) in [5.41, 5.74) is 1.07. The number of aromatic nitrogens is 2. The molecule has 0 aliphatic heterocycles. The van der Waals surface area contributed by atoms with E-state index in [1.54, 1.807) is 10.6 Å². The molecule has 0 unspecified atom stereocenters. The van der Waals surface area contributed by atoms with Crippen molar-refractivity contribution in [3.63, 3.8) is 0 Å². The lowest BCUT2D eigenvalue weighted by Gasteiger charge is -2.18. The van der Waals surface area contributed by atoms with Gasteiger partial charge in [-0.15, -0.1) is 0 Å². The molecule has 1 aliphatic carbocycles. The van der Waals surface area contributed by atoms with E-state index in [1.807, 2.05) is 18.2 Å². The fourth-order valence-electron chi connectivity index (χ4n) is 3.56. The summed E-state index contributed by atoms with van der Waals surface area (Å²) in [6.45, 7) is 0. The van der Waals surface area contributed by atoms with Crippen LogP contribution in [0, 0.1) is 5.82 Å². The van der Waals surface area contributed by atoms with Crippen LogP contribution in [0.15, 0.2) is 58.5 Å². The molecular formula is C21H19FN2O2S. The van der Waals surface area contributed by atoms with Gasteiger partial charge >= 0.3 is 0 Å². The third-order valence-electron chi connectivity index (χ3n) is 4.96. The van der Waals surface area contributed by atoms with E-state index >= 15 is 0 Å². The van der Waals surface area contributed by atoms with Crippen molar-refractivity contribution in [1.82, 2.24) is 9.55 Å². The van der Waals surface area contributed by atoms with Crippen molar-refractivity contribution in [2.75, 3.05) is 5.75 Å². The molecule has 27 heavy (non-hydrogen) atoms. The van der Waals surface area contributed by atoms with Crippen LogP contribution in [0.3, 0.4) is 0 Å². The van der Waals surface area contributed by atoms with Gasteiger partial charge in [0.25, 0.3) is 5.56 Å². The first-order valence-corrected chi connectivity index (χ1v) is 10.0. The lowest BCUT2D eigenvalue weighted by molar-refractivity contribution is 0.102. The minimum Gasteiger partial charge on any atom is -0.293 e. The maximum Gasteiger partial charge on any atom is 0.262 e. The Morgan fingerprint density at radius 1 is 1.11 bits per heavy atom. The predicted octanol–water partition coefficient (Wildman–Crippen LogP) is 4.63. The van der Waals surface area contributed by atoms with Crippen LogP contribution in [0.25, 0.3) is 10.9 Å². The van der Waals surface area contributed by atoms with Crippen LogP contribution in [0.2, 0.25) is 0 Å². The number of carbonyl (C=O) groups excluding carboxylic acids is 1. The van der Waals surface area contributed by atoms with Crippen molar-refractivity contribution in [2.45, 2.75) is 36.9 Å². The third-order valence-corrected chi connectivity index (χ3v) is 5.92. The molecule has 1 saturated carbocycles. The van der Waals surface area contributed by atoms with E-state index in [2.05, 4.69) is 4.98 Å². The molecule has 1 fully saturated rings. The number of hydrogen-bond donors (Lipinski definition) is 0. The number of thioether (sulfide) groups is 1. The van der Waals surface area contributed by atoms with Crippen LogP contribution in [-0.4, -0.2) is 21.1 Å². The Balaban J connectivity index is 1.67. The lowest BCUT2D eigenvalue weighted by atomic mass is 10.1. The van der Waals surface area contributed by atoms with Gasteiger partial charge in [-0.05, 0) is 49.2 Å². The van der Waals surface area contributed by atoms with E-state index in [4.69, 9.17) is 0 Å². The van der Waals surface area contributed by atoms with Gasteiger partial charge in [-0.2, -0.15) is 0 Å². The van der Waals surface area contributed by atoms with Gasteiger partial charge in [0.2, 0.25) is 0 Å². The average molecular weight is 382 g/mol. The lowest BCUT2D eigenvalue weighted by Crippen LogP contribution is -2.26. The normalized spacial score (nSPS) is 14.7. The van der Waals surface area contributed by atoms with E-state index in [1.165, 1.54) is 36.0 Å². The summed E-state index contributed by atoms with van der Waals surface area (Å²) < 4.78 is 14.8. The summed E-state index contributed by atoms with van der Waals surface area (Å²) in [4.78, 5) is 30.2. The van der Waals surface area contributed by atoms with Gasteiger partial charge in [0.15, 0.2) is 10.9 Å². The van der Waals surface area contributed by atoms with Gasteiger partial charge < -0.3 is 0 Å². The van der Waals surface area contributed by atoms with Crippen LogP contribution >= 0.6 is 11.8 Å². The Bertz CT molecular complexity index is 1040. The van der Waals surface area contributed by atoms with Gasteiger partial charge in [0.05, 0.1) is 16.7 Å². The molecule has 0 bridgehead atoms. The van der Waals surface area contributed by atoms with Crippen molar-refractivity contribution in [3.8, 4) is 0 Å². The first-order chi connectivity index (χ1) is 13.1. The Hall–Kier alpha value is -2.47. The fourth-order valence-corrected chi connectivity index (χ4v) is 4.52. The first-order valence-electron chi connectivity index (χ1n) is 9.06. The molecule has 138 valence electrons. The zero-order valence-corrected chi connectivity index (χ0v) is 15.5. The minimum absolute atomic E-state index is 0.0377. The molecule has 2 aromatic carbocycles. The number of halogens is 1. The zero-order chi connectivity index (χ0) is 18.8. The SMILES string of the molecule is O=C(CSc1nc2ccccc2c(=O)n1C1CCCC1)c1ccc(F)cc1. The molecule has 0 N–H and O–H groups in total. The van der Waals surface area contributed by atoms with Gasteiger partial charge in [0.1, 0.15) is 5.82 Å². The average Bonchev–Trinajstić information content (AvgIpc) is 3.21. The molecule has 1 aromatic heterocycles. The topological polar surface area (TPSA) is 52.0 Å². The number of hydrogen-bond acceptors (Lipinski definition) is 4. The van der Waals surface area contributed by atoms with E-state index in [-0.39, 0.29) is 29.0 Å². The third kappa shape index (κ3) is 3.67. The van der Waals surface area contributed by atoms with Crippen LogP contribution in [0.5, 0.6) is 0 Å². The van der Waals surface area contributed by atoms with E-state index < -0.39 is 0 Å². The maximum absolute atomic E-state index is 13.1. The zero-order valence-electron chi connectivity index (χ0n) is 14.7. The Morgan fingerprint density at radius 2 is 1.81 bits per heavy atom. The second-order valence-corrected chi connectivity index (χ2v) is 7.69. The second-order valence-electron chi connectivity index (χ2n) is 6.74. The summed E-state index contributed by atoms with van der Waals surface area (Å²) in [5, 5.41) is 1.19. The molecule has 3 aromatic rings. The molecule has 4 rings (SSSR count). The number of benzene rings is 2. The number of para-hydroxylation sites is 1. The van der Waals surface area contributed by atoms with Crippen LogP contribution in [0.4, 0.5) is 4.39 Å². The summed E-state index contributed by atoms with van der Waals surface area (Å²) in [7, 11) is 0. The second kappa shape index (κ2) is 7.64. The van der Waals surface area contributed by atoms with Crippen molar-refractivity contribution in [2.24, 2.45) is 0 Å². The first kappa shape index (κ1) is 17.9. The molecule has 0 saturated heterocycles. The highest BCUT2D eigenvalue weighted by molar-refractivity contribution is 7.99. The Labute approximate surface area is 160 Å². The molecular weight excluding hydrogens is 363 g/mol. The molecule has 0 spiro atoms. The monoisotopic (exact) mass is 382 g/mol. The van der Waals surface area contributed by atoms with Gasteiger partial charge in [-0.1, -0.05) is 36.7 Å². The quantitative estimate of drug-likeness (QED) is 0.367. The van der Waals surface area contributed by atoms with Crippen LogP contribution in [0.1, 0.15) is 42.1 Å². The van der Waals surface area contributed by atoms with Crippen molar-refractivity contribution < 1.29 is 9.18 Å². The molecule has 6 heteroatoms. The Morgan fingerprint density at radius 3 is 2.56 bits per heavy atom. The standard InChI is InChI=1S/C21H19FN2O2S/c22-15-11-9-14(10-12-15)19(25)13-27-21-23-18-8-4-3-7-17(18)20(26)24(21)16-5-1-2-6-16/h3-4,7-12,16H,1-2,5-6,13H2. The Kier molecular flexibility index (Phi) is 5.07. The predicted molar refractivity (Wildman–Crippen MR) is 105 cm³/mol. The van der Waals surface area contributed by atoms with Gasteiger partial charge in [0, 0.05) is 11.6 Å². The minimum atomic E-state index is -0.370. The fraction of sp³-hybridized carbons (Fsp3) is 0.286. The smallest absolute Gasteiger partial charge is 0.262 e. The number of carbonyl (C=O) groups is 1. The van der Waals surface area contributed by atoms with Crippen LogP contribution in [-0.2, 0) is 0 Å². The molecule has 0 atom stereocenters. The van der Waals surface area contributed by atoms with E-state index in [0.29, 0.717) is 21.6 Å². The van der Waals surface area contributed by atoms with E-state index in [0.717, 1.165) is 25.7 Å². The molecule has 1 aliphatic rings. The molecule has 0 amide bonds. The van der Waals surface area contributed by atoms with Crippen molar-refractivity contribution in [3.05, 3.63) is 70.3 Å². The summed E-state index contributed by atoms with van der Waals surface area (Å²) >= 11 is 1.28. The van der Waals surface area contributed by atoms with Gasteiger partial charge in [-0.25, -0.2) is 9.37 Å². The molecule has 4 nitrogen and oxygen atoms in total. The van der Waals surface area contributed by atoms with Crippen LogP contribution < -0.4 is 5.56 Å². The number of ketones is 1. The summed E-state index contributed by atoms with van der Waals surface area (Å²) in [5.74, 6) is -0.325. The number of fused-ring (bicyclic) bond motifs is 1. The van der Waals surface area contributed by atoms with Gasteiger partial charge in [-0.3, -0.25) is 14.2 Å².